The molecule has 4 fully saturated rings. The van der Waals surface area contributed by atoms with Crippen molar-refractivity contribution in [3.63, 3.8) is 0 Å². The molecular weight excluding hydrogens is 656 g/mol. The highest BCUT2D eigenvalue weighted by atomic mass is 16.7. The Hall–Kier alpha value is -3.18. The van der Waals surface area contributed by atoms with Gasteiger partial charge in [0.25, 0.3) is 5.91 Å². The minimum Gasteiger partial charge on any atom is -0.496 e. The standard InChI is InChI=1S/C42H64N4O6/c1-12-30(21-41(4,5)6)43-39(49)28-16-27(17-31(18-28)45(9)10)32-15-13-14-26(38(32)51-11)22-46-37(36(25(3)48)35(23-47)52-46)40(50)44-34-20-29-19-33(24(34)2)42(29,7)8/h13-18,24-25,29-30,33-37,47-48H,12,19-23H2,1-11H3,(H,43,49)(H,44,50)/t24-,25-,29+,30+,33-,34-,35-,36-,37-/m0/s1. The quantitative estimate of drug-likeness (QED) is 0.198. The minimum absolute atomic E-state index is 0.0447. The van der Waals surface area contributed by atoms with E-state index < -0.39 is 24.2 Å². The number of aliphatic hydroxyl groups excluding tert-OH is 2. The number of ether oxygens (including phenoxy) is 1. The predicted molar refractivity (Wildman–Crippen MR) is 206 cm³/mol. The number of nitrogens with zero attached hydrogens (tertiary/aromatic N) is 2. The Morgan fingerprint density at radius 1 is 1.15 bits per heavy atom. The van der Waals surface area contributed by atoms with Crippen molar-refractivity contribution in [1.82, 2.24) is 15.7 Å². The summed E-state index contributed by atoms with van der Waals surface area (Å²) in [5.74, 6) is 1.12. The van der Waals surface area contributed by atoms with Gasteiger partial charge < -0.3 is 30.5 Å². The molecule has 2 amide bonds. The first-order valence-corrected chi connectivity index (χ1v) is 19.2. The lowest BCUT2D eigenvalue weighted by Gasteiger charge is -2.62. The number of benzene rings is 2. The van der Waals surface area contributed by atoms with Crippen molar-refractivity contribution >= 4 is 17.5 Å². The Labute approximate surface area is 311 Å². The molecule has 2 bridgehead atoms. The number of nitrogens with one attached hydrogen (secondary N) is 2. The first-order chi connectivity index (χ1) is 24.4. The fraction of sp³-hybridized carbons (Fsp3) is 0.667. The van der Waals surface area contributed by atoms with Crippen LogP contribution in [0.2, 0.25) is 0 Å². The number of anilines is 1. The lowest BCUT2D eigenvalue weighted by molar-refractivity contribution is -0.183. The van der Waals surface area contributed by atoms with Gasteiger partial charge in [-0.25, -0.2) is 0 Å². The summed E-state index contributed by atoms with van der Waals surface area (Å²) in [6.07, 6.45) is 2.21. The molecular formula is C42H64N4O6. The maximum Gasteiger partial charge on any atom is 0.251 e. The number of hydroxylamine groups is 2. The molecule has 2 aromatic carbocycles. The largest absolute Gasteiger partial charge is 0.496 e. The van der Waals surface area contributed by atoms with Crippen LogP contribution in [0, 0.1) is 34.5 Å². The Morgan fingerprint density at radius 2 is 1.87 bits per heavy atom. The fourth-order valence-electron chi connectivity index (χ4n) is 9.29. The number of hydrogen-bond donors (Lipinski definition) is 4. The van der Waals surface area contributed by atoms with E-state index in [0.29, 0.717) is 29.1 Å². The van der Waals surface area contributed by atoms with Gasteiger partial charge in [-0.15, -0.1) is 0 Å². The third-order valence-electron chi connectivity index (χ3n) is 12.4. The zero-order chi connectivity index (χ0) is 38.3. The van der Waals surface area contributed by atoms with Gasteiger partial charge in [0.1, 0.15) is 17.9 Å². The second-order valence-electron chi connectivity index (χ2n) is 17.7. The highest BCUT2D eigenvalue weighted by molar-refractivity contribution is 5.97. The van der Waals surface area contributed by atoms with Crippen LogP contribution in [0.5, 0.6) is 5.75 Å². The number of amides is 2. The van der Waals surface area contributed by atoms with E-state index in [-0.39, 0.29) is 47.9 Å². The molecule has 6 rings (SSSR count). The van der Waals surface area contributed by atoms with Crippen molar-refractivity contribution in [3.8, 4) is 16.9 Å². The van der Waals surface area contributed by atoms with Gasteiger partial charge in [-0.1, -0.05) is 66.7 Å². The van der Waals surface area contributed by atoms with Crippen LogP contribution in [0.25, 0.3) is 11.1 Å². The summed E-state index contributed by atoms with van der Waals surface area (Å²) in [5, 5.41) is 29.5. The van der Waals surface area contributed by atoms with Gasteiger partial charge in [0.05, 0.1) is 26.4 Å². The number of aliphatic hydroxyl groups is 2. The zero-order valence-electron chi connectivity index (χ0n) is 33.3. The first-order valence-electron chi connectivity index (χ1n) is 19.2. The van der Waals surface area contributed by atoms with E-state index in [1.165, 1.54) is 6.42 Å². The molecule has 10 nitrogen and oxygen atoms in total. The molecule has 10 heteroatoms. The molecule has 52 heavy (non-hydrogen) atoms. The van der Waals surface area contributed by atoms with Crippen molar-refractivity contribution in [3.05, 3.63) is 47.5 Å². The second kappa shape index (κ2) is 15.7. The van der Waals surface area contributed by atoms with Crippen LogP contribution in [-0.2, 0) is 16.2 Å². The molecule has 288 valence electrons. The van der Waals surface area contributed by atoms with E-state index in [0.717, 1.165) is 41.6 Å². The van der Waals surface area contributed by atoms with E-state index >= 15 is 0 Å². The van der Waals surface area contributed by atoms with Crippen LogP contribution in [0.15, 0.2) is 36.4 Å². The van der Waals surface area contributed by atoms with E-state index in [1.807, 2.05) is 55.4 Å². The van der Waals surface area contributed by atoms with Gasteiger partial charge in [0, 0.05) is 54.5 Å². The Morgan fingerprint density at radius 3 is 2.42 bits per heavy atom. The molecule has 2 aromatic rings. The lowest BCUT2D eigenvalue weighted by Crippen LogP contribution is -2.62. The molecule has 0 unspecified atom stereocenters. The number of carbonyl (C=O) groups excluding carboxylic acids is 2. The normalized spacial score (nSPS) is 28.1. The number of carbonyl (C=O) groups is 2. The Kier molecular flexibility index (Phi) is 12.0. The topological polar surface area (TPSA) is 124 Å². The highest BCUT2D eigenvalue weighted by Gasteiger charge is 2.57. The maximum absolute atomic E-state index is 14.2. The van der Waals surface area contributed by atoms with Gasteiger partial charge in [0.15, 0.2) is 0 Å². The van der Waals surface area contributed by atoms with Gasteiger partial charge >= 0.3 is 0 Å². The van der Waals surface area contributed by atoms with Crippen molar-refractivity contribution in [2.75, 3.05) is 32.7 Å². The third-order valence-corrected chi connectivity index (χ3v) is 12.4. The van der Waals surface area contributed by atoms with Crippen LogP contribution in [0.3, 0.4) is 0 Å². The predicted octanol–water partition coefficient (Wildman–Crippen LogP) is 6.03. The molecule has 1 aliphatic heterocycles. The average Bonchev–Trinajstić information content (AvgIpc) is 3.46. The van der Waals surface area contributed by atoms with Crippen molar-refractivity contribution < 1.29 is 29.4 Å². The fourth-order valence-corrected chi connectivity index (χ4v) is 9.29. The molecule has 4 aliphatic rings. The smallest absolute Gasteiger partial charge is 0.251 e. The molecule has 9 atom stereocenters. The van der Waals surface area contributed by atoms with E-state index in [1.54, 1.807) is 19.1 Å². The number of fused-ring (bicyclic) bond motifs is 2. The first kappa shape index (κ1) is 40.0. The minimum atomic E-state index is -0.892. The summed E-state index contributed by atoms with van der Waals surface area (Å²) in [4.78, 5) is 36.2. The molecule has 3 saturated carbocycles. The summed E-state index contributed by atoms with van der Waals surface area (Å²) in [5.41, 5.74) is 4.19. The lowest BCUT2D eigenvalue weighted by atomic mass is 9.45. The average molecular weight is 721 g/mol. The second-order valence-corrected chi connectivity index (χ2v) is 17.7. The Bertz CT molecular complexity index is 1580. The van der Waals surface area contributed by atoms with Crippen molar-refractivity contribution in [2.24, 2.45) is 34.5 Å². The summed E-state index contributed by atoms with van der Waals surface area (Å²) in [6, 6.07) is 11.0. The number of hydrogen-bond acceptors (Lipinski definition) is 8. The van der Waals surface area contributed by atoms with Crippen LogP contribution < -0.4 is 20.3 Å². The van der Waals surface area contributed by atoms with Crippen LogP contribution in [0.4, 0.5) is 5.69 Å². The molecule has 3 aliphatic carbocycles. The summed E-state index contributed by atoms with van der Waals surface area (Å²) < 4.78 is 6.08. The summed E-state index contributed by atoms with van der Waals surface area (Å²) in [6.45, 7) is 17.1. The highest BCUT2D eigenvalue weighted by Crippen LogP contribution is 2.61. The Balaban J connectivity index is 1.45. The van der Waals surface area contributed by atoms with Crippen LogP contribution in [-0.4, -0.2) is 85.2 Å². The van der Waals surface area contributed by atoms with E-state index in [4.69, 9.17) is 9.57 Å². The monoisotopic (exact) mass is 720 g/mol. The van der Waals surface area contributed by atoms with Crippen molar-refractivity contribution in [2.45, 2.75) is 118 Å². The number of methoxy groups -OCH3 is 1. The third kappa shape index (κ3) is 8.15. The molecule has 0 aromatic heterocycles. The summed E-state index contributed by atoms with van der Waals surface area (Å²) in [7, 11) is 5.52. The van der Waals surface area contributed by atoms with E-state index in [9.17, 15) is 19.8 Å². The molecule has 4 N–H and O–H groups in total. The molecule has 0 spiro atoms. The number of rotatable bonds is 13. The van der Waals surface area contributed by atoms with Gasteiger partial charge in [-0.05, 0) is 85.0 Å². The maximum atomic E-state index is 14.2. The van der Waals surface area contributed by atoms with Crippen LogP contribution in [0.1, 0.15) is 97.0 Å². The van der Waals surface area contributed by atoms with Gasteiger partial charge in [-0.2, -0.15) is 5.06 Å². The number of para-hydroxylation sites is 1. The summed E-state index contributed by atoms with van der Waals surface area (Å²) >= 11 is 0. The van der Waals surface area contributed by atoms with Crippen molar-refractivity contribution in [1.29, 1.82) is 0 Å². The molecule has 0 radical (unpaired) electrons. The van der Waals surface area contributed by atoms with Crippen LogP contribution >= 0.6 is 0 Å². The molecule has 1 heterocycles. The molecule has 1 saturated heterocycles. The van der Waals surface area contributed by atoms with E-state index in [2.05, 4.69) is 59.1 Å². The SMILES string of the molecule is CC[C@H](CC(C)(C)C)NC(=O)c1cc(-c2cccc(CN3O[C@@H](CO)[C@H]([C@H](C)O)[C@H]3C(=O)N[C@H]3C[C@H]4C[C@@H]([C@@H]3C)C4(C)C)c2OC)cc(N(C)C)c1. The zero-order valence-corrected chi connectivity index (χ0v) is 33.3. The van der Waals surface area contributed by atoms with Gasteiger partial charge in [0.2, 0.25) is 5.91 Å². The van der Waals surface area contributed by atoms with Gasteiger partial charge in [-0.3, -0.25) is 14.4 Å².